The number of fused-ring (bicyclic) bond motifs is 1. The molecule has 0 saturated carbocycles. The molecule has 3 rings (SSSR count). The van der Waals surface area contributed by atoms with E-state index in [1.54, 1.807) is 10.7 Å². The van der Waals surface area contributed by atoms with Crippen LogP contribution in [0.1, 0.15) is 5.69 Å². The van der Waals surface area contributed by atoms with E-state index < -0.39 is 0 Å². The van der Waals surface area contributed by atoms with E-state index in [0.717, 1.165) is 24.2 Å². The Labute approximate surface area is 110 Å². The lowest BCUT2D eigenvalue weighted by Crippen LogP contribution is -2.05. The SMILES string of the molecule is Cn1ccc(CCNc2nc3ccc(N)cc3o2)n1. The number of hydrogen-bond donors (Lipinski definition) is 2. The molecule has 0 amide bonds. The zero-order chi connectivity index (χ0) is 13.2. The fraction of sp³-hybridized carbons (Fsp3) is 0.231. The summed E-state index contributed by atoms with van der Waals surface area (Å²) in [5.74, 6) is 0. The Morgan fingerprint density at radius 1 is 1.37 bits per heavy atom. The Morgan fingerprint density at radius 3 is 3.05 bits per heavy atom. The van der Waals surface area contributed by atoms with Gasteiger partial charge in [0.05, 0.1) is 5.69 Å². The average molecular weight is 257 g/mol. The van der Waals surface area contributed by atoms with E-state index in [9.17, 15) is 0 Å². The molecule has 2 heterocycles. The van der Waals surface area contributed by atoms with Crippen molar-refractivity contribution in [3.05, 3.63) is 36.2 Å². The molecule has 98 valence electrons. The van der Waals surface area contributed by atoms with Gasteiger partial charge in [-0.1, -0.05) is 0 Å². The summed E-state index contributed by atoms with van der Waals surface area (Å²) in [6.07, 6.45) is 2.75. The van der Waals surface area contributed by atoms with Crippen molar-refractivity contribution in [2.75, 3.05) is 17.6 Å². The number of nitrogens with zero attached hydrogens (tertiary/aromatic N) is 3. The van der Waals surface area contributed by atoms with E-state index in [0.29, 0.717) is 17.3 Å². The molecule has 3 aromatic rings. The van der Waals surface area contributed by atoms with Crippen molar-refractivity contribution in [3.63, 3.8) is 0 Å². The van der Waals surface area contributed by atoms with E-state index in [1.807, 2.05) is 31.4 Å². The summed E-state index contributed by atoms with van der Waals surface area (Å²) in [5.41, 5.74) is 8.90. The van der Waals surface area contributed by atoms with Crippen LogP contribution in [0, 0.1) is 0 Å². The van der Waals surface area contributed by atoms with Gasteiger partial charge in [-0.05, 0) is 18.2 Å². The van der Waals surface area contributed by atoms with Crippen molar-refractivity contribution in [3.8, 4) is 0 Å². The van der Waals surface area contributed by atoms with E-state index in [4.69, 9.17) is 10.2 Å². The monoisotopic (exact) mass is 257 g/mol. The quantitative estimate of drug-likeness (QED) is 0.696. The van der Waals surface area contributed by atoms with Gasteiger partial charge < -0.3 is 15.5 Å². The topological polar surface area (TPSA) is 81.9 Å². The third-order valence-electron chi connectivity index (χ3n) is 2.84. The van der Waals surface area contributed by atoms with Gasteiger partial charge in [-0.25, -0.2) is 0 Å². The molecule has 0 spiro atoms. The summed E-state index contributed by atoms with van der Waals surface area (Å²) in [6, 6.07) is 7.93. The second-order valence-electron chi connectivity index (χ2n) is 4.40. The maximum atomic E-state index is 5.69. The highest BCUT2D eigenvalue weighted by atomic mass is 16.4. The summed E-state index contributed by atoms with van der Waals surface area (Å²) < 4.78 is 7.35. The van der Waals surface area contributed by atoms with Crippen LogP contribution in [-0.2, 0) is 13.5 Å². The molecule has 19 heavy (non-hydrogen) atoms. The van der Waals surface area contributed by atoms with Gasteiger partial charge in [-0.2, -0.15) is 10.1 Å². The Morgan fingerprint density at radius 2 is 2.26 bits per heavy atom. The lowest BCUT2D eigenvalue weighted by molar-refractivity contribution is 0.614. The molecule has 1 aromatic carbocycles. The van der Waals surface area contributed by atoms with Gasteiger partial charge in [0.25, 0.3) is 6.01 Å². The molecule has 0 aliphatic rings. The van der Waals surface area contributed by atoms with E-state index in [-0.39, 0.29) is 0 Å². The second-order valence-corrected chi connectivity index (χ2v) is 4.40. The third kappa shape index (κ3) is 2.52. The lowest BCUT2D eigenvalue weighted by Gasteiger charge is -1.98. The molecule has 6 heteroatoms. The number of oxazole rings is 1. The second kappa shape index (κ2) is 4.64. The van der Waals surface area contributed by atoms with Crippen LogP contribution in [0.5, 0.6) is 0 Å². The maximum absolute atomic E-state index is 5.69. The molecule has 0 atom stereocenters. The smallest absolute Gasteiger partial charge is 0.295 e. The molecular formula is C13H15N5O. The van der Waals surface area contributed by atoms with Crippen LogP contribution >= 0.6 is 0 Å². The van der Waals surface area contributed by atoms with E-state index in [1.165, 1.54) is 0 Å². The number of aromatic nitrogens is 3. The highest BCUT2D eigenvalue weighted by Gasteiger charge is 2.05. The van der Waals surface area contributed by atoms with Crippen LogP contribution in [0.15, 0.2) is 34.9 Å². The zero-order valence-corrected chi connectivity index (χ0v) is 10.6. The van der Waals surface area contributed by atoms with Gasteiger partial charge in [0.15, 0.2) is 5.58 Å². The van der Waals surface area contributed by atoms with Crippen molar-refractivity contribution in [1.29, 1.82) is 0 Å². The number of nitrogen functional groups attached to an aromatic ring is 1. The van der Waals surface area contributed by atoms with Crippen LogP contribution in [0.4, 0.5) is 11.7 Å². The molecule has 6 nitrogen and oxygen atoms in total. The summed E-state index contributed by atoms with van der Waals surface area (Å²) in [7, 11) is 1.90. The molecule has 3 N–H and O–H groups in total. The highest BCUT2D eigenvalue weighted by Crippen LogP contribution is 2.20. The van der Waals surface area contributed by atoms with Crippen molar-refractivity contribution < 1.29 is 4.42 Å². The standard InChI is InChI=1S/C13H15N5O/c1-18-7-5-10(17-18)4-6-15-13-16-11-3-2-9(14)8-12(11)19-13/h2-3,5,7-8H,4,6,14H2,1H3,(H,15,16). The highest BCUT2D eigenvalue weighted by molar-refractivity contribution is 5.78. The minimum absolute atomic E-state index is 0.511. The van der Waals surface area contributed by atoms with Crippen LogP contribution in [-0.4, -0.2) is 21.3 Å². The van der Waals surface area contributed by atoms with Crippen LogP contribution in [0.2, 0.25) is 0 Å². The molecule has 0 radical (unpaired) electrons. The minimum atomic E-state index is 0.511. The summed E-state index contributed by atoms with van der Waals surface area (Å²) in [6.45, 7) is 0.722. The number of hydrogen-bond acceptors (Lipinski definition) is 5. The number of anilines is 2. The Balaban J connectivity index is 1.65. The normalized spacial score (nSPS) is 11.0. The summed E-state index contributed by atoms with van der Waals surface area (Å²) >= 11 is 0. The van der Waals surface area contributed by atoms with Crippen molar-refractivity contribution >= 4 is 22.8 Å². The zero-order valence-electron chi connectivity index (χ0n) is 10.6. The van der Waals surface area contributed by atoms with Crippen LogP contribution in [0.25, 0.3) is 11.1 Å². The van der Waals surface area contributed by atoms with Gasteiger partial charge in [0.2, 0.25) is 0 Å². The largest absolute Gasteiger partial charge is 0.423 e. The first-order chi connectivity index (χ1) is 9.20. The van der Waals surface area contributed by atoms with Gasteiger partial charge in [0.1, 0.15) is 5.52 Å². The molecule has 0 bridgehead atoms. The third-order valence-corrected chi connectivity index (χ3v) is 2.84. The summed E-state index contributed by atoms with van der Waals surface area (Å²) in [5, 5.41) is 7.45. The Bertz CT molecular complexity index is 700. The van der Waals surface area contributed by atoms with Gasteiger partial charge in [-0.15, -0.1) is 0 Å². The van der Waals surface area contributed by atoms with E-state index >= 15 is 0 Å². The maximum Gasteiger partial charge on any atom is 0.295 e. The summed E-state index contributed by atoms with van der Waals surface area (Å²) in [4.78, 5) is 4.33. The van der Waals surface area contributed by atoms with E-state index in [2.05, 4.69) is 15.4 Å². The number of benzene rings is 1. The van der Waals surface area contributed by atoms with Gasteiger partial charge >= 0.3 is 0 Å². The van der Waals surface area contributed by atoms with Gasteiger partial charge in [-0.3, -0.25) is 4.68 Å². The molecule has 0 saturated heterocycles. The first-order valence-corrected chi connectivity index (χ1v) is 6.09. The van der Waals surface area contributed by atoms with Crippen molar-refractivity contribution in [2.45, 2.75) is 6.42 Å². The van der Waals surface area contributed by atoms with Crippen LogP contribution in [0.3, 0.4) is 0 Å². The van der Waals surface area contributed by atoms with Gasteiger partial charge in [0, 0.05) is 38.0 Å². The fourth-order valence-electron chi connectivity index (χ4n) is 1.91. The minimum Gasteiger partial charge on any atom is -0.423 e. The lowest BCUT2D eigenvalue weighted by atomic mass is 10.3. The van der Waals surface area contributed by atoms with Crippen molar-refractivity contribution in [2.24, 2.45) is 7.05 Å². The van der Waals surface area contributed by atoms with Crippen LogP contribution < -0.4 is 11.1 Å². The molecule has 0 fully saturated rings. The first-order valence-electron chi connectivity index (χ1n) is 6.09. The Hall–Kier alpha value is -2.50. The number of nitrogens with two attached hydrogens (primary N) is 1. The predicted molar refractivity (Wildman–Crippen MR) is 73.8 cm³/mol. The Kier molecular flexibility index (Phi) is 2.83. The molecule has 0 unspecified atom stereocenters. The van der Waals surface area contributed by atoms with Crippen molar-refractivity contribution in [1.82, 2.24) is 14.8 Å². The number of nitrogens with one attached hydrogen (secondary N) is 1. The first kappa shape index (κ1) is 11.6. The molecule has 0 aliphatic carbocycles. The number of rotatable bonds is 4. The average Bonchev–Trinajstić information content (AvgIpc) is 2.95. The fourth-order valence-corrected chi connectivity index (χ4v) is 1.91. The molecule has 2 aromatic heterocycles. The number of aryl methyl sites for hydroxylation is 1. The molecule has 0 aliphatic heterocycles. The molecular weight excluding hydrogens is 242 g/mol. The predicted octanol–water partition coefficient (Wildman–Crippen LogP) is 1.80.